The smallest absolute Gasteiger partial charge is 0.236 e. The Labute approximate surface area is 105 Å². The topological polar surface area (TPSA) is 74.2 Å². The Hall–Kier alpha value is -0.590. The Morgan fingerprint density at radius 1 is 1.59 bits per heavy atom. The molecule has 1 saturated heterocycles. The van der Waals surface area contributed by atoms with Gasteiger partial charge in [-0.05, 0) is 12.2 Å². The Bertz CT molecular complexity index is 383. The average molecular weight is 257 g/mol. The molecule has 0 amide bonds. The van der Waals surface area contributed by atoms with Crippen LogP contribution < -0.4 is 5.73 Å². The average Bonchev–Trinajstić information content (AvgIpc) is 2.85. The number of thioether (sulfide) groups is 1. The molecule has 1 fully saturated rings. The van der Waals surface area contributed by atoms with E-state index < -0.39 is 0 Å². The fraction of sp³-hybridized carbons (Fsp3) is 0.818. The van der Waals surface area contributed by atoms with Crippen molar-refractivity contribution in [3.05, 3.63) is 11.7 Å². The van der Waals surface area contributed by atoms with Gasteiger partial charge in [-0.2, -0.15) is 16.7 Å². The number of ether oxygens (including phenoxy) is 1. The normalized spacial score (nSPS) is 29.1. The summed E-state index contributed by atoms with van der Waals surface area (Å²) in [4.78, 5) is 4.43. The predicted molar refractivity (Wildman–Crippen MR) is 66.9 cm³/mol. The molecule has 0 aromatic carbocycles. The van der Waals surface area contributed by atoms with Crippen molar-refractivity contribution in [2.45, 2.75) is 43.2 Å². The van der Waals surface area contributed by atoms with Crippen molar-refractivity contribution in [3.8, 4) is 0 Å². The molecule has 0 aliphatic carbocycles. The van der Waals surface area contributed by atoms with Crippen molar-refractivity contribution in [3.63, 3.8) is 0 Å². The van der Waals surface area contributed by atoms with Crippen molar-refractivity contribution in [2.75, 3.05) is 13.2 Å². The minimum atomic E-state index is -0.340. The number of rotatable bonds is 4. The SMILES string of the molecule is CC(C)SCc1noc(C2(C)COCC2N)n1. The Kier molecular flexibility index (Phi) is 3.75. The van der Waals surface area contributed by atoms with E-state index in [0.717, 1.165) is 11.6 Å². The molecule has 2 atom stereocenters. The van der Waals surface area contributed by atoms with Gasteiger partial charge in [0.25, 0.3) is 0 Å². The monoisotopic (exact) mass is 257 g/mol. The van der Waals surface area contributed by atoms with Crippen LogP contribution >= 0.6 is 11.8 Å². The van der Waals surface area contributed by atoms with E-state index in [-0.39, 0.29) is 11.5 Å². The van der Waals surface area contributed by atoms with E-state index in [4.69, 9.17) is 15.0 Å². The second-order valence-corrected chi connectivity index (χ2v) is 6.48. The zero-order chi connectivity index (χ0) is 12.5. The number of hydrogen-bond donors (Lipinski definition) is 1. The van der Waals surface area contributed by atoms with Crippen molar-refractivity contribution < 1.29 is 9.26 Å². The van der Waals surface area contributed by atoms with Gasteiger partial charge in [0.15, 0.2) is 5.82 Å². The third-order valence-electron chi connectivity index (χ3n) is 3.02. The second-order valence-electron chi connectivity index (χ2n) is 4.91. The molecule has 0 bridgehead atoms. The van der Waals surface area contributed by atoms with Crippen LogP contribution in [0.3, 0.4) is 0 Å². The Morgan fingerprint density at radius 3 is 2.94 bits per heavy atom. The highest BCUT2D eigenvalue weighted by Crippen LogP contribution is 2.31. The highest BCUT2D eigenvalue weighted by molar-refractivity contribution is 7.99. The summed E-state index contributed by atoms with van der Waals surface area (Å²) < 4.78 is 10.7. The lowest BCUT2D eigenvalue weighted by atomic mass is 9.86. The predicted octanol–water partition coefficient (Wildman–Crippen LogP) is 1.33. The third kappa shape index (κ3) is 2.64. The van der Waals surface area contributed by atoms with Crippen molar-refractivity contribution in [1.82, 2.24) is 10.1 Å². The summed E-state index contributed by atoms with van der Waals surface area (Å²) in [5.41, 5.74) is 5.68. The van der Waals surface area contributed by atoms with Gasteiger partial charge in [0.05, 0.1) is 24.4 Å². The van der Waals surface area contributed by atoms with E-state index >= 15 is 0 Å². The number of aromatic nitrogens is 2. The van der Waals surface area contributed by atoms with Crippen LogP contribution in [0, 0.1) is 0 Å². The maximum Gasteiger partial charge on any atom is 0.236 e. The lowest BCUT2D eigenvalue weighted by molar-refractivity contribution is 0.169. The lowest BCUT2D eigenvalue weighted by Gasteiger charge is -2.21. The van der Waals surface area contributed by atoms with Gasteiger partial charge in [-0.3, -0.25) is 0 Å². The first-order valence-corrected chi connectivity index (χ1v) is 6.85. The summed E-state index contributed by atoms with van der Waals surface area (Å²) in [5.74, 6) is 2.11. The summed E-state index contributed by atoms with van der Waals surface area (Å²) in [5, 5.41) is 4.55. The van der Waals surface area contributed by atoms with Gasteiger partial charge in [-0.15, -0.1) is 0 Å². The molecule has 0 saturated carbocycles. The molecule has 2 N–H and O–H groups in total. The molecule has 17 heavy (non-hydrogen) atoms. The summed E-state index contributed by atoms with van der Waals surface area (Å²) in [6.45, 7) is 7.40. The highest BCUT2D eigenvalue weighted by Gasteiger charge is 2.44. The fourth-order valence-corrected chi connectivity index (χ4v) is 2.29. The molecule has 5 nitrogen and oxygen atoms in total. The quantitative estimate of drug-likeness (QED) is 0.877. The van der Waals surface area contributed by atoms with E-state index in [1.54, 1.807) is 11.8 Å². The van der Waals surface area contributed by atoms with Gasteiger partial charge >= 0.3 is 0 Å². The number of nitrogens with zero attached hydrogens (tertiary/aromatic N) is 2. The number of hydrogen-bond acceptors (Lipinski definition) is 6. The van der Waals surface area contributed by atoms with Crippen LogP contribution in [0.2, 0.25) is 0 Å². The summed E-state index contributed by atoms with van der Waals surface area (Å²) in [7, 11) is 0. The standard InChI is InChI=1S/C11H19N3O2S/c1-7(2)17-5-9-13-10(16-14-9)11(3)6-15-4-8(11)12/h7-8H,4-6,12H2,1-3H3. The van der Waals surface area contributed by atoms with E-state index in [1.165, 1.54) is 0 Å². The zero-order valence-electron chi connectivity index (χ0n) is 10.5. The van der Waals surface area contributed by atoms with Gasteiger partial charge < -0.3 is 15.0 Å². The maximum absolute atomic E-state index is 6.02. The van der Waals surface area contributed by atoms with Crippen molar-refractivity contribution >= 4 is 11.8 Å². The van der Waals surface area contributed by atoms with E-state index in [0.29, 0.717) is 24.4 Å². The van der Waals surface area contributed by atoms with Crippen LogP contribution in [0.25, 0.3) is 0 Å². The molecule has 1 aliphatic heterocycles. The first-order valence-electron chi connectivity index (χ1n) is 5.80. The molecular weight excluding hydrogens is 238 g/mol. The van der Waals surface area contributed by atoms with Gasteiger partial charge in [0.1, 0.15) is 0 Å². The van der Waals surface area contributed by atoms with Crippen LogP contribution in [0.1, 0.15) is 32.5 Å². The summed E-state index contributed by atoms with van der Waals surface area (Å²) in [6.07, 6.45) is 0. The molecule has 2 unspecified atom stereocenters. The molecule has 0 radical (unpaired) electrons. The summed E-state index contributed by atoms with van der Waals surface area (Å²) >= 11 is 1.79. The van der Waals surface area contributed by atoms with E-state index in [9.17, 15) is 0 Å². The second kappa shape index (κ2) is 4.96. The fourth-order valence-electron chi connectivity index (χ4n) is 1.69. The molecule has 1 aliphatic rings. The first kappa shape index (κ1) is 12.9. The minimum absolute atomic E-state index is 0.0754. The van der Waals surface area contributed by atoms with Crippen molar-refractivity contribution in [2.24, 2.45) is 5.73 Å². The van der Waals surface area contributed by atoms with Crippen LogP contribution in [0.4, 0.5) is 0 Å². The van der Waals surface area contributed by atoms with Gasteiger partial charge in [-0.25, -0.2) is 0 Å². The lowest BCUT2D eigenvalue weighted by Crippen LogP contribution is -2.42. The van der Waals surface area contributed by atoms with Gasteiger partial charge in [0, 0.05) is 6.04 Å². The van der Waals surface area contributed by atoms with Crippen LogP contribution in [0.15, 0.2) is 4.52 Å². The minimum Gasteiger partial charge on any atom is -0.379 e. The molecular formula is C11H19N3O2S. The molecule has 2 rings (SSSR count). The third-order valence-corrected chi connectivity index (χ3v) is 4.11. The molecule has 96 valence electrons. The van der Waals surface area contributed by atoms with Gasteiger partial charge in [0.2, 0.25) is 5.89 Å². The van der Waals surface area contributed by atoms with Gasteiger partial charge in [-0.1, -0.05) is 19.0 Å². The Balaban J connectivity index is 2.07. The molecule has 6 heteroatoms. The van der Waals surface area contributed by atoms with Crippen molar-refractivity contribution in [1.29, 1.82) is 0 Å². The zero-order valence-corrected chi connectivity index (χ0v) is 11.3. The summed E-state index contributed by atoms with van der Waals surface area (Å²) in [6, 6.07) is -0.0754. The van der Waals surface area contributed by atoms with E-state index in [2.05, 4.69) is 24.0 Å². The molecule has 1 aromatic rings. The maximum atomic E-state index is 6.02. The van der Waals surface area contributed by atoms with Crippen LogP contribution in [0.5, 0.6) is 0 Å². The van der Waals surface area contributed by atoms with Crippen LogP contribution in [-0.2, 0) is 15.9 Å². The largest absolute Gasteiger partial charge is 0.379 e. The molecule has 1 aromatic heterocycles. The Morgan fingerprint density at radius 2 is 2.35 bits per heavy atom. The highest BCUT2D eigenvalue weighted by atomic mass is 32.2. The van der Waals surface area contributed by atoms with E-state index in [1.807, 2.05) is 6.92 Å². The van der Waals surface area contributed by atoms with Crippen LogP contribution in [-0.4, -0.2) is 34.6 Å². The molecule has 2 heterocycles. The molecule has 0 spiro atoms. The number of nitrogens with two attached hydrogens (primary N) is 1. The first-order chi connectivity index (χ1) is 8.02.